The van der Waals surface area contributed by atoms with Crippen LogP contribution < -0.4 is 20.9 Å². The highest BCUT2D eigenvalue weighted by molar-refractivity contribution is 6.89. The molecular weight excluding hydrogens is 269 g/mol. The van der Waals surface area contributed by atoms with Crippen LogP contribution in [0.2, 0.25) is 0 Å². The summed E-state index contributed by atoms with van der Waals surface area (Å²) in [5.74, 6) is 0.883. The molecule has 3 heteroatoms. The molecule has 3 aromatic rings. The number of methoxy groups -OCH3 is 1. The van der Waals surface area contributed by atoms with E-state index in [-0.39, 0.29) is 6.85 Å². The number of rotatable bonds is 2. The Hall–Kier alpha value is -2.68. The first kappa shape index (κ1) is 13.0. The van der Waals surface area contributed by atoms with Gasteiger partial charge in [-0.2, -0.15) is 0 Å². The predicted molar refractivity (Wildman–Crippen MR) is 93.5 cm³/mol. The molecule has 0 bridgehead atoms. The van der Waals surface area contributed by atoms with Gasteiger partial charge in [-0.25, -0.2) is 0 Å². The van der Waals surface area contributed by atoms with Crippen molar-refractivity contribution >= 4 is 23.5 Å². The summed E-state index contributed by atoms with van der Waals surface area (Å²) in [5, 5.41) is 3.67. The van der Waals surface area contributed by atoms with E-state index in [4.69, 9.17) is 4.74 Å². The predicted octanol–water partition coefficient (Wildman–Crippen LogP) is 2.89. The van der Waals surface area contributed by atoms with Gasteiger partial charge in [0.2, 0.25) is 0 Å². The molecule has 0 aliphatic carbocycles. The highest BCUT2D eigenvalue weighted by Crippen LogP contribution is 2.33. The van der Waals surface area contributed by atoms with Gasteiger partial charge in [-0.05, 0) is 29.2 Å². The Morgan fingerprint density at radius 1 is 0.818 bits per heavy atom. The fourth-order valence-electron chi connectivity index (χ4n) is 3.13. The van der Waals surface area contributed by atoms with Crippen LogP contribution >= 0.6 is 0 Å². The van der Waals surface area contributed by atoms with Crippen molar-refractivity contribution in [2.75, 3.05) is 12.3 Å². The zero-order valence-corrected chi connectivity index (χ0v) is 12.4. The van der Waals surface area contributed by atoms with Gasteiger partial charge < -0.3 is 9.96 Å². The third-order valence-electron chi connectivity index (χ3n) is 4.22. The third-order valence-corrected chi connectivity index (χ3v) is 4.22. The molecule has 22 heavy (non-hydrogen) atoms. The summed E-state index contributed by atoms with van der Waals surface area (Å²) in [6.45, 7) is 0.179. The smallest absolute Gasteiger partial charge is 0.321 e. The van der Waals surface area contributed by atoms with Gasteiger partial charge >= 0.3 is 6.85 Å². The Labute approximate surface area is 130 Å². The van der Waals surface area contributed by atoms with E-state index in [9.17, 15) is 0 Å². The normalized spacial score (nSPS) is 12.1. The second-order valence-corrected chi connectivity index (χ2v) is 5.49. The highest BCUT2D eigenvalue weighted by Gasteiger charge is 2.29. The standard InChI is InChI=1S/C19H16BNO/c1-22-15-11-12-19-17(13-15)16-9-5-6-10-18(16)20(21-19)14-7-3-2-4-8-14/h2-13,21H,1H3. The molecule has 1 N–H and O–H groups in total. The lowest BCUT2D eigenvalue weighted by Crippen LogP contribution is -2.51. The van der Waals surface area contributed by atoms with Crippen LogP contribution in [0.25, 0.3) is 11.1 Å². The van der Waals surface area contributed by atoms with Crippen molar-refractivity contribution in [3.63, 3.8) is 0 Å². The molecule has 0 spiro atoms. The number of fused-ring (bicyclic) bond motifs is 3. The molecule has 0 fully saturated rings. The van der Waals surface area contributed by atoms with E-state index in [2.05, 4.69) is 72.0 Å². The van der Waals surface area contributed by atoms with Crippen LogP contribution in [0.4, 0.5) is 5.69 Å². The molecule has 0 saturated heterocycles. The Bertz CT molecular complexity index is 817. The number of ether oxygens (including phenoxy) is 1. The summed E-state index contributed by atoms with van der Waals surface area (Å²) >= 11 is 0. The summed E-state index contributed by atoms with van der Waals surface area (Å²) in [4.78, 5) is 0. The zero-order chi connectivity index (χ0) is 14.9. The quantitative estimate of drug-likeness (QED) is 0.731. The van der Waals surface area contributed by atoms with E-state index >= 15 is 0 Å². The Morgan fingerprint density at radius 3 is 2.41 bits per heavy atom. The van der Waals surface area contributed by atoms with Gasteiger partial charge in [-0.1, -0.05) is 60.1 Å². The van der Waals surface area contributed by atoms with Crippen LogP contribution in [-0.2, 0) is 0 Å². The summed E-state index contributed by atoms with van der Waals surface area (Å²) in [6.07, 6.45) is 0. The van der Waals surface area contributed by atoms with Crippen LogP contribution in [0.15, 0.2) is 72.8 Å². The molecule has 0 saturated carbocycles. The fraction of sp³-hybridized carbons (Fsp3) is 0.0526. The maximum absolute atomic E-state index is 5.38. The van der Waals surface area contributed by atoms with E-state index in [0.29, 0.717) is 0 Å². The van der Waals surface area contributed by atoms with E-state index in [1.165, 1.54) is 22.1 Å². The van der Waals surface area contributed by atoms with Gasteiger partial charge in [0.15, 0.2) is 0 Å². The van der Waals surface area contributed by atoms with Crippen LogP contribution in [0.3, 0.4) is 0 Å². The van der Waals surface area contributed by atoms with Gasteiger partial charge in [-0.15, -0.1) is 0 Å². The first-order chi connectivity index (χ1) is 10.9. The molecule has 0 aromatic heterocycles. The van der Waals surface area contributed by atoms with Crippen LogP contribution in [0.5, 0.6) is 5.75 Å². The van der Waals surface area contributed by atoms with Gasteiger partial charge in [-0.3, -0.25) is 0 Å². The summed E-state index contributed by atoms with van der Waals surface area (Å²) in [6, 6.07) is 25.3. The summed E-state index contributed by atoms with van der Waals surface area (Å²) in [5.41, 5.74) is 6.19. The van der Waals surface area contributed by atoms with Gasteiger partial charge in [0.1, 0.15) is 5.75 Å². The zero-order valence-electron chi connectivity index (χ0n) is 12.4. The summed E-state index contributed by atoms with van der Waals surface area (Å²) in [7, 11) is 1.71. The Balaban J connectivity index is 1.90. The summed E-state index contributed by atoms with van der Waals surface area (Å²) < 4.78 is 5.38. The van der Waals surface area contributed by atoms with Crippen LogP contribution in [0.1, 0.15) is 0 Å². The van der Waals surface area contributed by atoms with Crippen LogP contribution in [0, 0.1) is 0 Å². The molecule has 106 valence electrons. The second-order valence-electron chi connectivity index (χ2n) is 5.49. The maximum atomic E-state index is 5.38. The average molecular weight is 285 g/mol. The van der Waals surface area contributed by atoms with Crippen molar-refractivity contribution in [3.8, 4) is 16.9 Å². The number of hydrogen-bond donors (Lipinski definition) is 1. The molecule has 1 aliphatic rings. The van der Waals surface area contributed by atoms with Gasteiger partial charge in [0.05, 0.1) is 7.11 Å². The van der Waals surface area contributed by atoms with Crippen LogP contribution in [-0.4, -0.2) is 14.0 Å². The van der Waals surface area contributed by atoms with Gasteiger partial charge in [0, 0.05) is 11.3 Å². The molecule has 1 aliphatic heterocycles. The molecule has 4 rings (SSSR count). The minimum atomic E-state index is 0.179. The third kappa shape index (κ3) is 2.06. The molecule has 0 atom stereocenters. The topological polar surface area (TPSA) is 21.3 Å². The number of nitrogens with one attached hydrogen (secondary N) is 1. The van der Waals surface area contributed by atoms with E-state index in [1.54, 1.807) is 7.11 Å². The average Bonchev–Trinajstić information content (AvgIpc) is 2.61. The largest absolute Gasteiger partial charge is 0.497 e. The van der Waals surface area contributed by atoms with Crippen molar-refractivity contribution in [1.82, 2.24) is 0 Å². The lowest BCUT2D eigenvalue weighted by molar-refractivity contribution is 0.415. The Morgan fingerprint density at radius 2 is 1.59 bits per heavy atom. The van der Waals surface area contributed by atoms with Crippen molar-refractivity contribution < 1.29 is 4.74 Å². The van der Waals surface area contributed by atoms with Gasteiger partial charge in [0.25, 0.3) is 0 Å². The van der Waals surface area contributed by atoms with Crippen molar-refractivity contribution in [2.24, 2.45) is 0 Å². The van der Waals surface area contributed by atoms with E-state index in [0.717, 1.165) is 11.4 Å². The lowest BCUT2D eigenvalue weighted by atomic mass is 9.48. The monoisotopic (exact) mass is 285 g/mol. The number of benzene rings is 3. The first-order valence-corrected chi connectivity index (χ1v) is 7.45. The molecule has 0 unspecified atom stereocenters. The molecule has 1 heterocycles. The van der Waals surface area contributed by atoms with Crippen molar-refractivity contribution in [3.05, 3.63) is 72.8 Å². The minimum absolute atomic E-state index is 0.179. The number of anilines is 1. The van der Waals surface area contributed by atoms with E-state index < -0.39 is 0 Å². The Kier molecular flexibility index (Phi) is 3.12. The molecule has 2 nitrogen and oxygen atoms in total. The molecule has 0 amide bonds. The molecule has 3 aromatic carbocycles. The minimum Gasteiger partial charge on any atom is -0.497 e. The SMILES string of the molecule is COc1ccc2c(c1)-c1ccccc1B(c1ccccc1)N2. The molecule has 0 radical (unpaired) electrons. The van der Waals surface area contributed by atoms with Crippen molar-refractivity contribution in [1.29, 1.82) is 0 Å². The number of hydrogen-bond acceptors (Lipinski definition) is 2. The fourth-order valence-corrected chi connectivity index (χ4v) is 3.13. The maximum Gasteiger partial charge on any atom is 0.321 e. The highest BCUT2D eigenvalue weighted by atomic mass is 16.5. The van der Waals surface area contributed by atoms with Crippen molar-refractivity contribution in [2.45, 2.75) is 0 Å². The molecular formula is C19H16BNO. The second kappa shape index (κ2) is 5.26. The lowest BCUT2D eigenvalue weighted by Gasteiger charge is -2.28. The first-order valence-electron chi connectivity index (χ1n) is 7.45. The van der Waals surface area contributed by atoms with E-state index in [1.807, 2.05) is 6.07 Å².